The van der Waals surface area contributed by atoms with Gasteiger partial charge in [-0.1, -0.05) is 23.7 Å². The van der Waals surface area contributed by atoms with Crippen LogP contribution in [0.4, 0.5) is 0 Å². The van der Waals surface area contributed by atoms with Gasteiger partial charge < -0.3 is 0 Å². The fraction of sp³-hybridized carbons (Fsp3) is 0.222. The van der Waals surface area contributed by atoms with E-state index in [2.05, 4.69) is 0 Å². The third kappa shape index (κ3) is 3.05. The lowest BCUT2D eigenvalue weighted by Crippen LogP contribution is -2.24. The molecule has 0 radical (unpaired) electrons. The number of rotatable bonds is 2. The van der Waals surface area contributed by atoms with Crippen molar-refractivity contribution in [2.24, 2.45) is 0 Å². The normalized spacial score (nSPS) is 9.77. The van der Waals surface area contributed by atoms with Crippen molar-refractivity contribution in [2.45, 2.75) is 6.42 Å². The molecule has 13 heavy (non-hydrogen) atoms. The van der Waals surface area contributed by atoms with Crippen LogP contribution in [0.5, 0.6) is 0 Å². The quantitative estimate of drug-likeness (QED) is 0.582. The van der Waals surface area contributed by atoms with Crippen LogP contribution in [0.15, 0.2) is 24.3 Å². The number of nitrogens with zero attached hydrogens (tertiary/aromatic N) is 1. The first kappa shape index (κ1) is 10.0. The molecule has 0 aromatic heterocycles. The van der Waals surface area contributed by atoms with Crippen molar-refractivity contribution in [3.8, 4) is 0 Å². The maximum atomic E-state index is 11.0. The second kappa shape index (κ2) is 4.25. The van der Waals surface area contributed by atoms with E-state index in [0.29, 0.717) is 10.1 Å². The van der Waals surface area contributed by atoms with Crippen LogP contribution in [0.3, 0.4) is 0 Å². The van der Waals surface area contributed by atoms with Crippen LogP contribution in [0.2, 0.25) is 5.02 Å². The molecule has 0 saturated carbocycles. The van der Waals surface area contributed by atoms with E-state index in [1.165, 1.54) is 7.05 Å². The minimum atomic E-state index is -0.345. The highest BCUT2D eigenvalue weighted by Gasteiger charge is 2.06. The molecule has 0 saturated heterocycles. The molecule has 0 bridgehead atoms. The summed E-state index contributed by atoms with van der Waals surface area (Å²) in [4.78, 5) is 11.0. The number of hydrogen-bond acceptors (Lipinski definition) is 2. The third-order valence-corrected chi connectivity index (χ3v) is 1.88. The Morgan fingerprint density at radius 1 is 1.46 bits per heavy atom. The first-order valence-corrected chi connectivity index (χ1v) is 4.17. The fourth-order valence-corrected chi connectivity index (χ4v) is 1.02. The number of amides is 1. The monoisotopic (exact) mass is 199 g/mol. The third-order valence-electron chi connectivity index (χ3n) is 1.63. The molecule has 0 aliphatic heterocycles. The molecular weight excluding hydrogens is 190 g/mol. The predicted octanol–water partition coefficient (Wildman–Crippen LogP) is 1.73. The number of likely N-dealkylation sites (N-methyl/N-ethyl adjacent to an activating group) is 1. The molecule has 0 spiro atoms. The highest BCUT2D eigenvalue weighted by Crippen LogP contribution is 2.10. The molecule has 1 aromatic rings. The van der Waals surface area contributed by atoms with E-state index >= 15 is 0 Å². The van der Waals surface area contributed by atoms with Gasteiger partial charge in [-0.15, -0.1) is 0 Å². The van der Waals surface area contributed by atoms with Crippen molar-refractivity contribution in [3.63, 3.8) is 0 Å². The number of benzene rings is 1. The van der Waals surface area contributed by atoms with Gasteiger partial charge in [-0.05, 0) is 17.7 Å². The van der Waals surface area contributed by atoms with Gasteiger partial charge in [-0.25, -0.2) is 5.06 Å². The van der Waals surface area contributed by atoms with E-state index in [9.17, 15) is 4.79 Å². The number of carbonyl (C=O) groups is 1. The zero-order valence-electron chi connectivity index (χ0n) is 7.20. The molecule has 70 valence electrons. The smallest absolute Gasteiger partial charge is 0.250 e. The van der Waals surface area contributed by atoms with Crippen LogP contribution in [0, 0.1) is 0 Å². The summed E-state index contributed by atoms with van der Waals surface area (Å²) in [5, 5.41) is 10.0. The molecule has 1 N–H and O–H groups in total. The number of halogens is 1. The lowest BCUT2D eigenvalue weighted by molar-refractivity contribution is -0.158. The fourth-order valence-electron chi connectivity index (χ4n) is 0.891. The average molecular weight is 200 g/mol. The van der Waals surface area contributed by atoms with Crippen LogP contribution in [0.25, 0.3) is 0 Å². The van der Waals surface area contributed by atoms with Crippen LogP contribution < -0.4 is 0 Å². The van der Waals surface area contributed by atoms with E-state index in [-0.39, 0.29) is 12.3 Å². The maximum absolute atomic E-state index is 11.0. The van der Waals surface area contributed by atoms with Gasteiger partial charge in [-0.2, -0.15) is 0 Å². The molecule has 0 aliphatic rings. The van der Waals surface area contributed by atoms with E-state index < -0.39 is 0 Å². The van der Waals surface area contributed by atoms with Crippen molar-refractivity contribution in [1.29, 1.82) is 0 Å². The van der Waals surface area contributed by atoms with Crippen molar-refractivity contribution < 1.29 is 10.0 Å². The lowest BCUT2D eigenvalue weighted by atomic mass is 10.1. The summed E-state index contributed by atoms with van der Waals surface area (Å²) in [5.41, 5.74) is 0.829. The molecule has 0 aliphatic carbocycles. The summed E-state index contributed by atoms with van der Waals surface area (Å²) >= 11 is 5.67. The van der Waals surface area contributed by atoms with Crippen LogP contribution in [-0.2, 0) is 11.2 Å². The van der Waals surface area contributed by atoms with Gasteiger partial charge in [0.05, 0.1) is 6.42 Å². The van der Waals surface area contributed by atoms with Crippen molar-refractivity contribution >= 4 is 17.5 Å². The Balaban J connectivity index is 2.65. The standard InChI is InChI=1S/C9H10ClNO2/c1-11(13)9(12)6-7-2-4-8(10)5-3-7/h2-5,13H,6H2,1H3. The van der Waals surface area contributed by atoms with Gasteiger partial charge >= 0.3 is 0 Å². The van der Waals surface area contributed by atoms with Crippen LogP contribution >= 0.6 is 11.6 Å². The SMILES string of the molecule is CN(O)C(=O)Cc1ccc(Cl)cc1. The zero-order chi connectivity index (χ0) is 9.84. The molecule has 1 rings (SSSR count). The number of hydrogen-bond donors (Lipinski definition) is 1. The van der Waals surface area contributed by atoms with E-state index in [1.807, 2.05) is 0 Å². The molecule has 0 fully saturated rings. The highest BCUT2D eigenvalue weighted by atomic mass is 35.5. The minimum absolute atomic E-state index is 0.185. The Morgan fingerprint density at radius 3 is 2.46 bits per heavy atom. The number of hydroxylamine groups is 2. The van der Waals surface area contributed by atoms with Crippen molar-refractivity contribution in [3.05, 3.63) is 34.9 Å². The second-order valence-corrected chi connectivity index (χ2v) is 3.16. The molecule has 0 atom stereocenters. The molecular formula is C9H10ClNO2. The summed E-state index contributed by atoms with van der Waals surface area (Å²) in [6.45, 7) is 0. The van der Waals surface area contributed by atoms with Gasteiger partial charge in [-0.3, -0.25) is 10.0 Å². The molecule has 4 heteroatoms. The second-order valence-electron chi connectivity index (χ2n) is 2.72. The molecule has 1 aromatic carbocycles. The molecule has 1 amide bonds. The topological polar surface area (TPSA) is 40.5 Å². The lowest BCUT2D eigenvalue weighted by Gasteiger charge is -2.07. The zero-order valence-corrected chi connectivity index (χ0v) is 7.95. The molecule has 0 unspecified atom stereocenters. The van der Waals surface area contributed by atoms with E-state index in [4.69, 9.17) is 16.8 Å². The highest BCUT2D eigenvalue weighted by molar-refractivity contribution is 6.30. The Morgan fingerprint density at radius 2 is 2.00 bits per heavy atom. The first-order chi connectivity index (χ1) is 6.09. The van der Waals surface area contributed by atoms with Crippen molar-refractivity contribution in [1.82, 2.24) is 5.06 Å². The van der Waals surface area contributed by atoms with Gasteiger partial charge in [0.1, 0.15) is 0 Å². The van der Waals surface area contributed by atoms with Gasteiger partial charge in [0.15, 0.2) is 0 Å². The predicted molar refractivity (Wildman–Crippen MR) is 49.7 cm³/mol. The van der Waals surface area contributed by atoms with Gasteiger partial charge in [0.25, 0.3) is 0 Å². The molecule has 3 nitrogen and oxygen atoms in total. The summed E-state index contributed by atoms with van der Waals surface area (Å²) in [5.74, 6) is -0.345. The van der Waals surface area contributed by atoms with Gasteiger partial charge in [0.2, 0.25) is 5.91 Å². The van der Waals surface area contributed by atoms with E-state index in [0.717, 1.165) is 5.56 Å². The largest absolute Gasteiger partial charge is 0.286 e. The van der Waals surface area contributed by atoms with Crippen LogP contribution in [-0.4, -0.2) is 23.2 Å². The minimum Gasteiger partial charge on any atom is -0.286 e. The Labute approximate surface area is 81.5 Å². The summed E-state index contributed by atoms with van der Waals surface area (Å²) in [6.07, 6.45) is 0.185. The van der Waals surface area contributed by atoms with Crippen molar-refractivity contribution in [2.75, 3.05) is 7.05 Å². The Kier molecular flexibility index (Phi) is 3.28. The number of carbonyl (C=O) groups excluding carboxylic acids is 1. The van der Waals surface area contributed by atoms with E-state index in [1.54, 1.807) is 24.3 Å². The maximum Gasteiger partial charge on any atom is 0.250 e. The molecule has 0 heterocycles. The Bertz CT molecular complexity index is 295. The van der Waals surface area contributed by atoms with Gasteiger partial charge in [0, 0.05) is 12.1 Å². The average Bonchev–Trinajstić information content (AvgIpc) is 2.08. The Hall–Kier alpha value is -1.06. The first-order valence-electron chi connectivity index (χ1n) is 3.79. The summed E-state index contributed by atoms with van der Waals surface area (Å²) in [7, 11) is 1.30. The summed E-state index contributed by atoms with van der Waals surface area (Å²) in [6, 6.07) is 6.93. The summed E-state index contributed by atoms with van der Waals surface area (Å²) < 4.78 is 0. The van der Waals surface area contributed by atoms with Crippen LogP contribution in [0.1, 0.15) is 5.56 Å².